The van der Waals surface area contributed by atoms with Gasteiger partial charge in [0.25, 0.3) is 0 Å². The minimum Gasteiger partial charge on any atom is -0.271 e. The number of hydrogen-bond acceptors (Lipinski definition) is 2. The molecule has 0 aliphatic heterocycles. The molecule has 0 aliphatic rings. The van der Waals surface area contributed by atoms with E-state index in [1.807, 2.05) is 6.92 Å². The normalized spacial score (nSPS) is 13.0. The van der Waals surface area contributed by atoms with Crippen molar-refractivity contribution in [1.82, 2.24) is 5.43 Å². The molecule has 0 amide bonds. The Hall–Kier alpha value is -0.0500. The lowest BCUT2D eigenvalue weighted by atomic mass is 10.1. The van der Waals surface area contributed by atoms with Crippen LogP contribution in [0, 0.1) is 0 Å². The summed E-state index contributed by atoms with van der Waals surface area (Å²) in [5.74, 6) is 6.03. The molecule has 0 saturated carbocycles. The first-order chi connectivity index (χ1) is 5.20. The second-order valence-corrected chi connectivity index (χ2v) is 3.23. The van der Waals surface area contributed by atoms with Crippen LogP contribution >= 0.6 is 11.6 Å². The van der Waals surface area contributed by atoms with Crippen LogP contribution in [0.5, 0.6) is 0 Å². The fourth-order valence-corrected chi connectivity index (χ4v) is 1.14. The highest BCUT2D eigenvalue weighted by Gasteiger charge is 2.04. The lowest BCUT2D eigenvalue weighted by molar-refractivity contribution is 0.486. The Kier molecular flexibility index (Phi) is 6.62. The number of halogens is 1. The van der Waals surface area contributed by atoms with E-state index in [1.54, 1.807) is 0 Å². The molecule has 0 radical (unpaired) electrons. The largest absolute Gasteiger partial charge is 0.271 e. The summed E-state index contributed by atoms with van der Waals surface area (Å²) in [6.07, 6.45) is 2.96. The summed E-state index contributed by atoms with van der Waals surface area (Å²) in [5, 5.41) is 0. The van der Waals surface area contributed by atoms with Crippen molar-refractivity contribution in [3.63, 3.8) is 0 Å². The number of hydrazine groups is 1. The molecule has 0 spiro atoms. The van der Waals surface area contributed by atoms with Crippen molar-refractivity contribution >= 4 is 11.6 Å². The fraction of sp³-hybridized carbons (Fsp3) is 0.750. The molecular formula is C8H17ClN2. The van der Waals surface area contributed by atoms with E-state index in [4.69, 9.17) is 17.4 Å². The van der Waals surface area contributed by atoms with Crippen LogP contribution in [-0.2, 0) is 0 Å². The summed E-state index contributed by atoms with van der Waals surface area (Å²) in [5.41, 5.74) is 3.90. The van der Waals surface area contributed by atoms with Crippen molar-refractivity contribution < 1.29 is 0 Å². The number of alkyl halides is 1. The van der Waals surface area contributed by atoms with Gasteiger partial charge in [-0.25, -0.2) is 0 Å². The van der Waals surface area contributed by atoms with Gasteiger partial charge in [0.2, 0.25) is 0 Å². The molecule has 3 N–H and O–H groups in total. The fourth-order valence-electron chi connectivity index (χ4n) is 0.989. The van der Waals surface area contributed by atoms with Crippen LogP contribution in [-0.4, -0.2) is 11.9 Å². The molecule has 11 heavy (non-hydrogen) atoms. The van der Waals surface area contributed by atoms with Gasteiger partial charge in [0, 0.05) is 11.9 Å². The number of nitrogens with two attached hydrogens (primary N) is 1. The Morgan fingerprint density at radius 3 is 2.73 bits per heavy atom. The van der Waals surface area contributed by atoms with E-state index in [9.17, 15) is 0 Å². The first-order valence-electron chi connectivity index (χ1n) is 3.87. The lowest BCUT2D eigenvalue weighted by Gasteiger charge is -2.14. The average molecular weight is 177 g/mol. The van der Waals surface area contributed by atoms with E-state index in [0.717, 1.165) is 24.8 Å². The second-order valence-electron chi connectivity index (χ2n) is 2.86. The molecule has 1 atom stereocenters. The smallest absolute Gasteiger partial charge is 0.0247 e. The molecule has 0 rings (SSSR count). The number of hydrogen-bond donors (Lipinski definition) is 2. The van der Waals surface area contributed by atoms with Crippen LogP contribution < -0.4 is 11.3 Å². The minimum atomic E-state index is 0.339. The Morgan fingerprint density at radius 2 is 2.36 bits per heavy atom. The SMILES string of the molecule is C=C(C)CC(CCCCl)NN. The van der Waals surface area contributed by atoms with E-state index in [0.29, 0.717) is 11.9 Å². The zero-order valence-electron chi connectivity index (χ0n) is 7.07. The summed E-state index contributed by atoms with van der Waals surface area (Å²) in [6, 6.07) is 0.339. The Morgan fingerprint density at radius 1 is 1.73 bits per heavy atom. The predicted molar refractivity (Wildman–Crippen MR) is 50.5 cm³/mol. The Labute approximate surface area is 73.8 Å². The maximum absolute atomic E-state index is 5.55. The average Bonchev–Trinajstić information content (AvgIpc) is 1.97. The highest BCUT2D eigenvalue weighted by Crippen LogP contribution is 2.07. The maximum atomic E-state index is 5.55. The van der Waals surface area contributed by atoms with E-state index < -0.39 is 0 Å². The van der Waals surface area contributed by atoms with Gasteiger partial charge >= 0.3 is 0 Å². The Bertz CT molecular complexity index is 115. The van der Waals surface area contributed by atoms with E-state index in [1.165, 1.54) is 0 Å². The van der Waals surface area contributed by atoms with Gasteiger partial charge in [-0.3, -0.25) is 11.3 Å². The van der Waals surface area contributed by atoms with Crippen molar-refractivity contribution in [2.45, 2.75) is 32.2 Å². The van der Waals surface area contributed by atoms with Crippen molar-refractivity contribution in [2.75, 3.05) is 5.88 Å². The van der Waals surface area contributed by atoms with E-state index in [2.05, 4.69) is 12.0 Å². The molecule has 0 aromatic heterocycles. The molecule has 0 fully saturated rings. The van der Waals surface area contributed by atoms with Crippen molar-refractivity contribution in [1.29, 1.82) is 0 Å². The monoisotopic (exact) mass is 176 g/mol. The zero-order chi connectivity index (χ0) is 8.69. The minimum absolute atomic E-state index is 0.339. The summed E-state index contributed by atoms with van der Waals surface area (Å²) in [4.78, 5) is 0. The zero-order valence-corrected chi connectivity index (χ0v) is 7.82. The van der Waals surface area contributed by atoms with Crippen LogP contribution in [0.1, 0.15) is 26.2 Å². The molecular weight excluding hydrogens is 160 g/mol. The third-order valence-corrected chi connectivity index (χ3v) is 1.78. The van der Waals surface area contributed by atoms with Gasteiger partial charge in [-0.1, -0.05) is 5.57 Å². The predicted octanol–water partition coefficient (Wildman–Crippen LogP) is 1.80. The third kappa shape index (κ3) is 6.35. The van der Waals surface area contributed by atoms with Gasteiger partial charge in [-0.2, -0.15) is 0 Å². The molecule has 0 heterocycles. The topological polar surface area (TPSA) is 38.0 Å². The first-order valence-corrected chi connectivity index (χ1v) is 4.40. The molecule has 3 heteroatoms. The van der Waals surface area contributed by atoms with Crippen LogP contribution in [0.4, 0.5) is 0 Å². The molecule has 0 aliphatic carbocycles. The Balaban J connectivity index is 3.49. The molecule has 2 nitrogen and oxygen atoms in total. The molecule has 1 unspecified atom stereocenters. The van der Waals surface area contributed by atoms with Gasteiger partial charge in [0.1, 0.15) is 0 Å². The van der Waals surface area contributed by atoms with Crippen LogP contribution in [0.15, 0.2) is 12.2 Å². The third-order valence-electron chi connectivity index (χ3n) is 1.52. The van der Waals surface area contributed by atoms with E-state index >= 15 is 0 Å². The molecule has 0 aromatic rings. The summed E-state index contributed by atoms with van der Waals surface area (Å²) in [7, 11) is 0. The van der Waals surface area contributed by atoms with Gasteiger partial charge in [-0.15, -0.1) is 18.2 Å². The molecule has 0 bridgehead atoms. The van der Waals surface area contributed by atoms with Gasteiger partial charge < -0.3 is 0 Å². The van der Waals surface area contributed by atoms with Gasteiger partial charge in [-0.05, 0) is 26.2 Å². The van der Waals surface area contributed by atoms with Crippen LogP contribution in [0.2, 0.25) is 0 Å². The highest BCUT2D eigenvalue weighted by molar-refractivity contribution is 6.17. The maximum Gasteiger partial charge on any atom is 0.0247 e. The lowest BCUT2D eigenvalue weighted by Crippen LogP contribution is -2.35. The summed E-state index contributed by atoms with van der Waals surface area (Å²) >= 11 is 5.55. The molecule has 66 valence electrons. The number of nitrogens with one attached hydrogen (secondary N) is 1. The van der Waals surface area contributed by atoms with Crippen LogP contribution in [0.25, 0.3) is 0 Å². The molecule has 0 aromatic carbocycles. The summed E-state index contributed by atoms with van der Waals surface area (Å²) < 4.78 is 0. The van der Waals surface area contributed by atoms with Crippen LogP contribution in [0.3, 0.4) is 0 Å². The van der Waals surface area contributed by atoms with E-state index in [-0.39, 0.29) is 0 Å². The van der Waals surface area contributed by atoms with Crippen molar-refractivity contribution in [3.8, 4) is 0 Å². The van der Waals surface area contributed by atoms with Gasteiger partial charge in [0.05, 0.1) is 0 Å². The summed E-state index contributed by atoms with van der Waals surface area (Å²) in [6.45, 7) is 5.83. The van der Waals surface area contributed by atoms with Crippen molar-refractivity contribution in [2.24, 2.45) is 5.84 Å². The first kappa shape index (κ1) is 11.0. The van der Waals surface area contributed by atoms with Gasteiger partial charge in [0.15, 0.2) is 0 Å². The highest BCUT2D eigenvalue weighted by atomic mass is 35.5. The second kappa shape index (κ2) is 6.65. The quantitative estimate of drug-likeness (QED) is 0.280. The van der Waals surface area contributed by atoms with Crippen molar-refractivity contribution in [3.05, 3.63) is 12.2 Å². The standard InChI is InChI=1S/C8H17ClN2/c1-7(2)6-8(11-10)4-3-5-9/h8,11H,1,3-6,10H2,2H3. The number of rotatable bonds is 6. The molecule has 0 saturated heterocycles.